The van der Waals surface area contributed by atoms with E-state index in [1.54, 1.807) is 12.1 Å². The third-order valence-corrected chi connectivity index (χ3v) is 3.82. The van der Waals surface area contributed by atoms with E-state index in [-0.39, 0.29) is 10.6 Å². The van der Waals surface area contributed by atoms with Crippen LogP contribution in [0.25, 0.3) is 0 Å². The lowest BCUT2D eigenvalue weighted by Gasteiger charge is -2.15. The van der Waals surface area contributed by atoms with E-state index in [4.69, 9.17) is 11.6 Å². The highest BCUT2D eigenvalue weighted by molar-refractivity contribution is 6.34. The molecule has 0 radical (unpaired) electrons. The summed E-state index contributed by atoms with van der Waals surface area (Å²) in [5, 5.41) is 5.96. The first-order valence-corrected chi connectivity index (χ1v) is 7.67. The third-order valence-electron chi connectivity index (χ3n) is 3.50. The van der Waals surface area contributed by atoms with Crippen LogP contribution < -0.4 is 10.6 Å². The summed E-state index contributed by atoms with van der Waals surface area (Å²) in [5.41, 5.74) is 1.36. The molecule has 2 aromatic rings. The Kier molecular flexibility index (Phi) is 4.57. The molecule has 3 rings (SSSR count). The zero-order chi connectivity index (χ0) is 16.2. The molecule has 0 saturated heterocycles. The molecule has 0 unspecified atom stereocenters. The van der Waals surface area contributed by atoms with Gasteiger partial charge in [-0.15, -0.1) is 0 Å². The maximum absolute atomic E-state index is 13.7. The zero-order valence-corrected chi connectivity index (χ0v) is 13.0. The van der Waals surface area contributed by atoms with Crippen LogP contribution in [0.15, 0.2) is 47.5 Å². The van der Waals surface area contributed by atoms with Gasteiger partial charge >= 0.3 is 0 Å². The number of amidine groups is 1. The smallest absolute Gasteiger partial charge is 0.260 e. The van der Waals surface area contributed by atoms with Gasteiger partial charge in [0, 0.05) is 24.3 Å². The second kappa shape index (κ2) is 6.79. The molecule has 0 aromatic heterocycles. The molecule has 0 saturated carbocycles. The molecule has 23 heavy (non-hydrogen) atoms. The van der Waals surface area contributed by atoms with Crippen molar-refractivity contribution in [3.63, 3.8) is 0 Å². The number of halogens is 2. The Bertz CT molecular complexity index is 739. The summed E-state index contributed by atoms with van der Waals surface area (Å²) < 4.78 is 13.7. The van der Waals surface area contributed by atoms with Gasteiger partial charge in [0.25, 0.3) is 5.91 Å². The van der Waals surface area contributed by atoms with Crippen LogP contribution in [-0.2, 0) is 0 Å². The van der Waals surface area contributed by atoms with Gasteiger partial charge in [-0.1, -0.05) is 17.7 Å². The second-order valence-corrected chi connectivity index (χ2v) is 5.55. The van der Waals surface area contributed by atoms with Crippen molar-refractivity contribution in [2.45, 2.75) is 6.42 Å². The van der Waals surface area contributed by atoms with Gasteiger partial charge in [-0.05, 0) is 42.8 Å². The molecular formula is C17H15ClFN3O. The van der Waals surface area contributed by atoms with E-state index in [2.05, 4.69) is 15.6 Å². The fourth-order valence-corrected chi connectivity index (χ4v) is 2.59. The van der Waals surface area contributed by atoms with Gasteiger partial charge < -0.3 is 10.6 Å². The van der Waals surface area contributed by atoms with E-state index in [1.807, 2.05) is 12.1 Å². The number of aliphatic imine (C=N–C) groups is 1. The van der Waals surface area contributed by atoms with Crippen molar-refractivity contribution in [3.05, 3.63) is 64.4 Å². The molecule has 118 valence electrons. The lowest BCUT2D eigenvalue weighted by molar-refractivity contribution is 0.102. The van der Waals surface area contributed by atoms with Gasteiger partial charge in [-0.25, -0.2) is 4.39 Å². The molecule has 4 nitrogen and oxygen atoms in total. The fourth-order valence-electron chi connectivity index (χ4n) is 2.35. The SMILES string of the molecule is O=C(Nc1ccc(C2=NCCCN2)cc1)c1c(F)cccc1Cl. The van der Waals surface area contributed by atoms with E-state index in [1.165, 1.54) is 18.2 Å². The molecule has 0 bridgehead atoms. The molecule has 2 aromatic carbocycles. The third kappa shape index (κ3) is 3.51. The predicted octanol–water partition coefficient (Wildman–Crippen LogP) is 3.47. The average Bonchev–Trinajstić information content (AvgIpc) is 2.56. The molecule has 1 aliphatic heterocycles. The zero-order valence-electron chi connectivity index (χ0n) is 12.3. The number of nitrogens with zero attached hydrogens (tertiary/aromatic N) is 1. The van der Waals surface area contributed by atoms with Crippen molar-refractivity contribution in [1.29, 1.82) is 0 Å². The minimum Gasteiger partial charge on any atom is -0.370 e. The van der Waals surface area contributed by atoms with E-state index in [0.717, 1.165) is 30.9 Å². The van der Waals surface area contributed by atoms with E-state index < -0.39 is 11.7 Å². The highest BCUT2D eigenvalue weighted by atomic mass is 35.5. The number of anilines is 1. The predicted molar refractivity (Wildman–Crippen MR) is 89.8 cm³/mol. The summed E-state index contributed by atoms with van der Waals surface area (Å²) in [5.74, 6) is -0.368. The van der Waals surface area contributed by atoms with Crippen LogP contribution >= 0.6 is 11.6 Å². The summed E-state index contributed by atoms with van der Waals surface area (Å²) in [6, 6.07) is 11.4. The van der Waals surface area contributed by atoms with E-state index in [9.17, 15) is 9.18 Å². The number of benzene rings is 2. The van der Waals surface area contributed by atoms with E-state index in [0.29, 0.717) is 5.69 Å². The fraction of sp³-hybridized carbons (Fsp3) is 0.176. The van der Waals surface area contributed by atoms with Gasteiger partial charge in [0.15, 0.2) is 0 Å². The monoisotopic (exact) mass is 331 g/mol. The first kappa shape index (κ1) is 15.5. The van der Waals surface area contributed by atoms with Crippen LogP contribution in [0.4, 0.5) is 10.1 Å². The molecule has 0 fully saturated rings. The van der Waals surface area contributed by atoms with Crippen molar-refractivity contribution in [2.24, 2.45) is 4.99 Å². The summed E-state index contributed by atoms with van der Waals surface area (Å²) in [6.45, 7) is 1.72. The number of hydrogen-bond acceptors (Lipinski definition) is 3. The molecule has 2 N–H and O–H groups in total. The molecule has 0 atom stereocenters. The van der Waals surface area contributed by atoms with Gasteiger partial charge in [0.2, 0.25) is 0 Å². The maximum atomic E-state index is 13.7. The average molecular weight is 332 g/mol. The van der Waals surface area contributed by atoms with Gasteiger partial charge in [-0.3, -0.25) is 9.79 Å². The van der Waals surface area contributed by atoms with Crippen LogP contribution in [0.1, 0.15) is 22.3 Å². The Morgan fingerprint density at radius 1 is 1.22 bits per heavy atom. The van der Waals surface area contributed by atoms with Crippen LogP contribution in [0.2, 0.25) is 5.02 Å². The Morgan fingerprint density at radius 3 is 2.65 bits per heavy atom. The normalized spacial score (nSPS) is 13.9. The summed E-state index contributed by atoms with van der Waals surface area (Å²) in [6.07, 6.45) is 1.03. The quantitative estimate of drug-likeness (QED) is 0.904. The topological polar surface area (TPSA) is 53.5 Å². The molecule has 0 spiro atoms. The summed E-state index contributed by atoms with van der Waals surface area (Å²) >= 11 is 5.89. The van der Waals surface area contributed by atoms with Crippen molar-refractivity contribution in [2.75, 3.05) is 18.4 Å². The Balaban J connectivity index is 1.76. The molecule has 1 aliphatic rings. The van der Waals surface area contributed by atoms with Crippen LogP contribution in [0, 0.1) is 5.82 Å². The van der Waals surface area contributed by atoms with Crippen molar-refractivity contribution in [3.8, 4) is 0 Å². The summed E-state index contributed by atoms with van der Waals surface area (Å²) in [4.78, 5) is 16.6. The van der Waals surface area contributed by atoms with E-state index >= 15 is 0 Å². The largest absolute Gasteiger partial charge is 0.370 e. The number of carbonyl (C=O) groups is 1. The van der Waals surface area contributed by atoms with Crippen molar-refractivity contribution in [1.82, 2.24) is 5.32 Å². The number of rotatable bonds is 3. The highest BCUT2D eigenvalue weighted by Gasteiger charge is 2.16. The van der Waals surface area contributed by atoms with Crippen molar-refractivity contribution >= 4 is 29.0 Å². The van der Waals surface area contributed by atoms with Gasteiger partial charge in [0.1, 0.15) is 11.7 Å². The first-order valence-electron chi connectivity index (χ1n) is 7.29. The number of amides is 1. The van der Waals surface area contributed by atoms with Gasteiger partial charge in [0.05, 0.1) is 10.6 Å². The number of nitrogens with one attached hydrogen (secondary N) is 2. The lowest BCUT2D eigenvalue weighted by Crippen LogP contribution is -2.30. The van der Waals surface area contributed by atoms with Crippen molar-refractivity contribution < 1.29 is 9.18 Å². The maximum Gasteiger partial charge on any atom is 0.260 e. The summed E-state index contributed by atoms with van der Waals surface area (Å²) in [7, 11) is 0. The molecular weight excluding hydrogens is 317 g/mol. The molecule has 0 aliphatic carbocycles. The van der Waals surface area contributed by atoms with Gasteiger partial charge in [-0.2, -0.15) is 0 Å². The second-order valence-electron chi connectivity index (χ2n) is 5.14. The van der Waals surface area contributed by atoms with Crippen LogP contribution in [-0.4, -0.2) is 24.8 Å². The molecule has 1 heterocycles. The molecule has 6 heteroatoms. The Morgan fingerprint density at radius 2 is 2.00 bits per heavy atom. The van der Waals surface area contributed by atoms with Crippen LogP contribution in [0.5, 0.6) is 0 Å². The number of carbonyl (C=O) groups excluding carboxylic acids is 1. The Labute approximate surface area is 138 Å². The first-order chi connectivity index (χ1) is 11.1. The highest BCUT2D eigenvalue weighted by Crippen LogP contribution is 2.21. The standard InChI is InChI=1S/C17H15ClFN3O/c18-13-3-1-4-14(19)15(13)17(23)22-12-7-5-11(6-8-12)16-20-9-2-10-21-16/h1,3-8H,2,9-10H2,(H,20,21)(H,22,23). The number of hydrogen-bond donors (Lipinski definition) is 2. The minimum absolute atomic E-state index is 0.0832. The minimum atomic E-state index is -0.646. The van der Waals surface area contributed by atoms with Crippen LogP contribution in [0.3, 0.4) is 0 Å². The lowest BCUT2D eigenvalue weighted by atomic mass is 10.1. The Hall–Kier alpha value is -2.40. The molecule has 1 amide bonds.